The molecule has 0 bridgehead atoms. The van der Waals surface area contributed by atoms with E-state index in [1.165, 1.54) is 17.5 Å². The molecule has 0 spiro atoms. The molecule has 2 aromatic rings. The highest BCUT2D eigenvalue weighted by molar-refractivity contribution is 6.05. The zero-order valence-electron chi connectivity index (χ0n) is 11.1. The summed E-state index contributed by atoms with van der Waals surface area (Å²) in [6.07, 6.45) is 3.41. The lowest BCUT2D eigenvalue weighted by Crippen LogP contribution is -2.13. The van der Waals surface area contributed by atoms with Crippen LogP contribution in [0.25, 0.3) is 0 Å². The molecule has 0 aliphatic heterocycles. The van der Waals surface area contributed by atoms with Crippen LogP contribution in [0.4, 0.5) is 17.1 Å². The Labute approximate surface area is 117 Å². The highest BCUT2D eigenvalue weighted by Gasteiger charge is 2.13. The molecule has 4 nitrogen and oxygen atoms in total. The summed E-state index contributed by atoms with van der Waals surface area (Å²) >= 11 is 0. The van der Waals surface area contributed by atoms with Crippen LogP contribution in [0.15, 0.2) is 36.4 Å². The van der Waals surface area contributed by atoms with Crippen LogP contribution in [0.5, 0.6) is 0 Å². The molecule has 0 saturated heterocycles. The summed E-state index contributed by atoms with van der Waals surface area (Å²) in [5, 5.41) is 2.89. The number of nitrogen functional groups attached to an aromatic ring is 2. The molecule has 0 heterocycles. The Hall–Kier alpha value is -2.49. The van der Waals surface area contributed by atoms with Gasteiger partial charge in [-0.3, -0.25) is 4.79 Å². The fraction of sp³-hybridized carbons (Fsp3) is 0.188. The number of nitrogens with one attached hydrogen (secondary N) is 1. The first-order valence-electron chi connectivity index (χ1n) is 6.71. The minimum Gasteiger partial charge on any atom is -0.399 e. The van der Waals surface area contributed by atoms with Gasteiger partial charge >= 0.3 is 0 Å². The smallest absolute Gasteiger partial charge is 0.255 e. The lowest BCUT2D eigenvalue weighted by Gasteiger charge is -2.08. The van der Waals surface area contributed by atoms with Gasteiger partial charge in [0.2, 0.25) is 0 Å². The van der Waals surface area contributed by atoms with Crippen molar-refractivity contribution in [1.29, 1.82) is 0 Å². The van der Waals surface area contributed by atoms with Gasteiger partial charge in [-0.1, -0.05) is 6.07 Å². The highest BCUT2D eigenvalue weighted by atomic mass is 16.1. The summed E-state index contributed by atoms with van der Waals surface area (Å²) in [4.78, 5) is 12.2. The predicted octanol–water partition coefficient (Wildman–Crippen LogP) is 2.59. The average molecular weight is 267 g/mol. The van der Waals surface area contributed by atoms with Crippen molar-refractivity contribution in [3.8, 4) is 0 Å². The van der Waals surface area contributed by atoms with E-state index in [1.807, 2.05) is 6.07 Å². The molecule has 0 aromatic heterocycles. The van der Waals surface area contributed by atoms with Gasteiger partial charge in [-0.2, -0.15) is 0 Å². The van der Waals surface area contributed by atoms with E-state index in [9.17, 15) is 4.79 Å². The Bertz CT molecular complexity index is 659. The summed E-state index contributed by atoms with van der Waals surface area (Å²) in [6.45, 7) is 0. The molecule has 102 valence electrons. The van der Waals surface area contributed by atoms with Gasteiger partial charge in [-0.15, -0.1) is 0 Å². The summed E-state index contributed by atoms with van der Waals surface area (Å²) in [6, 6.07) is 11.0. The van der Waals surface area contributed by atoms with Crippen LogP contribution < -0.4 is 16.8 Å². The molecule has 2 aromatic carbocycles. The molecule has 1 amide bonds. The number of hydrogen-bond acceptors (Lipinski definition) is 3. The molecule has 0 unspecified atom stereocenters. The molecule has 1 aliphatic rings. The van der Waals surface area contributed by atoms with Crippen molar-refractivity contribution in [2.24, 2.45) is 0 Å². The number of rotatable bonds is 2. The lowest BCUT2D eigenvalue weighted by atomic mass is 10.1. The molecule has 0 fully saturated rings. The van der Waals surface area contributed by atoms with Crippen molar-refractivity contribution in [3.63, 3.8) is 0 Å². The molecule has 5 N–H and O–H groups in total. The zero-order valence-corrected chi connectivity index (χ0v) is 11.1. The summed E-state index contributed by atoms with van der Waals surface area (Å²) in [5.41, 5.74) is 16.4. The fourth-order valence-electron chi connectivity index (χ4n) is 2.66. The second-order valence-corrected chi connectivity index (χ2v) is 5.18. The van der Waals surface area contributed by atoms with E-state index in [-0.39, 0.29) is 5.91 Å². The third kappa shape index (κ3) is 2.45. The second kappa shape index (κ2) is 4.89. The minimum absolute atomic E-state index is 0.193. The van der Waals surface area contributed by atoms with Crippen LogP contribution in [0.3, 0.4) is 0 Å². The maximum Gasteiger partial charge on any atom is 0.255 e. The Balaban J connectivity index is 1.82. The Morgan fingerprint density at radius 2 is 1.65 bits per heavy atom. The van der Waals surface area contributed by atoms with Crippen molar-refractivity contribution >= 4 is 23.0 Å². The molecule has 0 saturated carbocycles. The van der Waals surface area contributed by atoms with E-state index in [0.29, 0.717) is 16.9 Å². The first-order valence-corrected chi connectivity index (χ1v) is 6.71. The number of fused-ring (bicyclic) bond motifs is 1. The summed E-state index contributed by atoms with van der Waals surface area (Å²) < 4.78 is 0. The molecular formula is C16H17N3O. The van der Waals surface area contributed by atoms with Crippen LogP contribution in [0.1, 0.15) is 27.9 Å². The van der Waals surface area contributed by atoms with Gasteiger partial charge in [0.05, 0.1) is 0 Å². The Kier molecular flexibility index (Phi) is 3.06. The first kappa shape index (κ1) is 12.5. The van der Waals surface area contributed by atoms with Gasteiger partial charge in [0.15, 0.2) is 0 Å². The van der Waals surface area contributed by atoms with E-state index in [4.69, 9.17) is 11.5 Å². The lowest BCUT2D eigenvalue weighted by molar-refractivity contribution is 0.102. The molecule has 20 heavy (non-hydrogen) atoms. The van der Waals surface area contributed by atoms with Crippen molar-refractivity contribution in [2.75, 3.05) is 16.8 Å². The number of nitrogens with two attached hydrogens (primary N) is 2. The number of carbonyl (C=O) groups is 1. The maximum absolute atomic E-state index is 12.2. The standard InChI is InChI=1S/C16H17N3O/c17-13-6-12(7-14(18)9-13)16(20)19-15-5-4-10-2-1-3-11(10)8-15/h4-9H,1-3,17-18H2,(H,19,20). The van der Waals surface area contributed by atoms with Gasteiger partial charge in [-0.05, 0) is 60.7 Å². The fourth-order valence-corrected chi connectivity index (χ4v) is 2.66. The number of amides is 1. The van der Waals surface area contributed by atoms with Gasteiger partial charge in [0.1, 0.15) is 0 Å². The molecule has 3 rings (SSSR count). The van der Waals surface area contributed by atoms with Crippen LogP contribution >= 0.6 is 0 Å². The third-order valence-electron chi connectivity index (χ3n) is 3.60. The molecule has 4 heteroatoms. The van der Waals surface area contributed by atoms with Crippen molar-refractivity contribution in [2.45, 2.75) is 19.3 Å². The minimum atomic E-state index is -0.193. The number of aryl methyl sites for hydroxylation is 2. The predicted molar refractivity (Wildman–Crippen MR) is 81.7 cm³/mol. The average Bonchev–Trinajstić information content (AvgIpc) is 2.85. The highest BCUT2D eigenvalue weighted by Crippen LogP contribution is 2.25. The number of carbonyl (C=O) groups excluding carboxylic acids is 1. The Morgan fingerprint density at radius 1 is 0.950 bits per heavy atom. The Morgan fingerprint density at radius 3 is 2.40 bits per heavy atom. The van der Waals surface area contributed by atoms with Crippen LogP contribution in [-0.4, -0.2) is 5.91 Å². The van der Waals surface area contributed by atoms with Crippen molar-refractivity contribution in [3.05, 3.63) is 53.1 Å². The third-order valence-corrected chi connectivity index (χ3v) is 3.60. The molecular weight excluding hydrogens is 250 g/mol. The van der Waals surface area contributed by atoms with Crippen LogP contribution in [-0.2, 0) is 12.8 Å². The topological polar surface area (TPSA) is 81.1 Å². The number of anilines is 3. The summed E-state index contributed by atoms with van der Waals surface area (Å²) in [5.74, 6) is -0.193. The van der Waals surface area contributed by atoms with Gasteiger partial charge in [0.25, 0.3) is 5.91 Å². The maximum atomic E-state index is 12.2. The van der Waals surface area contributed by atoms with Crippen LogP contribution in [0.2, 0.25) is 0 Å². The van der Waals surface area contributed by atoms with E-state index in [0.717, 1.165) is 18.5 Å². The van der Waals surface area contributed by atoms with E-state index in [2.05, 4.69) is 17.4 Å². The van der Waals surface area contributed by atoms with Gasteiger partial charge in [-0.25, -0.2) is 0 Å². The van der Waals surface area contributed by atoms with E-state index < -0.39 is 0 Å². The normalized spacial score (nSPS) is 13.0. The summed E-state index contributed by atoms with van der Waals surface area (Å²) in [7, 11) is 0. The molecule has 0 radical (unpaired) electrons. The van der Waals surface area contributed by atoms with Gasteiger partial charge < -0.3 is 16.8 Å². The number of benzene rings is 2. The molecule has 1 aliphatic carbocycles. The van der Waals surface area contributed by atoms with E-state index in [1.54, 1.807) is 18.2 Å². The number of hydrogen-bond donors (Lipinski definition) is 3. The van der Waals surface area contributed by atoms with Crippen molar-refractivity contribution < 1.29 is 4.79 Å². The van der Waals surface area contributed by atoms with E-state index >= 15 is 0 Å². The second-order valence-electron chi connectivity index (χ2n) is 5.18. The first-order chi connectivity index (χ1) is 9.61. The SMILES string of the molecule is Nc1cc(N)cc(C(=O)Nc2ccc3c(c2)CCC3)c1. The van der Waals surface area contributed by atoms with Gasteiger partial charge in [0, 0.05) is 22.6 Å². The van der Waals surface area contributed by atoms with Crippen molar-refractivity contribution in [1.82, 2.24) is 0 Å². The van der Waals surface area contributed by atoms with Crippen LogP contribution in [0, 0.1) is 0 Å². The monoisotopic (exact) mass is 267 g/mol. The largest absolute Gasteiger partial charge is 0.399 e. The quantitative estimate of drug-likeness (QED) is 0.731. The molecule has 0 atom stereocenters. The zero-order chi connectivity index (χ0) is 14.1.